The van der Waals surface area contributed by atoms with Crippen LogP contribution < -0.4 is 15.2 Å². The van der Waals surface area contributed by atoms with E-state index in [1.807, 2.05) is 37.3 Å². The quantitative estimate of drug-likeness (QED) is 0.923. The Labute approximate surface area is 127 Å². The Bertz CT molecular complexity index is 613. The van der Waals surface area contributed by atoms with Crippen LogP contribution in [0.1, 0.15) is 22.7 Å². The lowest BCUT2D eigenvalue weighted by atomic mass is 9.97. The number of nitrogens with two attached hydrogens (primary N) is 1. The van der Waals surface area contributed by atoms with Crippen LogP contribution in [0, 0.1) is 6.92 Å². The molecule has 0 amide bonds. The highest BCUT2D eigenvalue weighted by molar-refractivity contribution is 9.10. The van der Waals surface area contributed by atoms with Crippen LogP contribution in [0.4, 0.5) is 0 Å². The molecule has 2 aromatic rings. The molecule has 0 saturated carbocycles. The zero-order chi connectivity index (χ0) is 14.7. The maximum atomic E-state index is 6.42. The van der Waals surface area contributed by atoms with Crippen molar-refractivity contribution in [2.45, 2.75) is 13.0 Å². The van der Waals surface area contributed by atoms with Gasteiger partial charge in [0.15, 0.2) is 0 Å². The largest absolute Gasteiger partial charge is 0.497 e. The van der Waals surface area contributed by atoms with Crippen molar-refractivity contribution in [2.75, 3.05) is 14.2 Å². The van der Waals surface area contributed by atoms with Crippen LogP contribution in [0.5, 0.6) is 11.5 Å². The van der Waals surface area contributed by atoms with Gasteiger partial charge in [-0.25, -0.2) is 0 Å². The predicted octanol–water partition coefficient (Wildman–Crippen LogP) is 3.82. The van der Waals surface area contributed by atoms with Gasteiger partial charge in [0.2, 0.25) is 0 Å². The Morgan fingerprint density at radius 2 is 1.75 bits per heavy atom. The van der Waals surface area contributed by atoms with Crippen molar-refractivity contribution in [1.82, 2.24) is 0 Å². The number of halogens is 1. The van der Waals surface area contributed by atoms with E-state index in [0.717, 1.165) is 32.7 Å². The molecule has 3 nitrogen and oxygen atoms in total. The molecule has 4 heteroatoms. The molecule has 0 aliphatic carbocycles. The van der Waals surface area contributed by atoms with E-state index in [1.165, 1.54) is 0 Å². The van der Waals surface area contributed by atoms with Gasteiger partial charge in [-0.1, -0.05) is 33.6 Å². The molecule has 0 aliphatic rings. The van der Waals surface area contributed by atoms with Gasteiger partial charge in [-0.05, 0) is 36.8 Å². The molecule has 0 aromatic heterocycles. The summed E-state index contributed by atoms with van der Waals surface area (Å²) in [6.45, 7) is 2.04. The van der Waals surface area contributed by atoms with Crippen molar-refractivity contribution in [2.24, 2.45) is 5.73 Å². The Hall–Kier alpha value is -1.52. The van der Waals surface area contributed by atoms with Crippen molar-refractivity contribution in [3.8, 4) is 11.5 Å². The number of aryl methyl sites for hydroxylation is 1. The number of rotatable bonds is 4. The van der Waals surface area contributed by atoms with Gasteiger partial charge in [-0.3, -0.25) is 0 Å². The monoisotopic (exact) mass is 335 g/mol. The molecular weight excluding hydrogens is 318 g/mol. The minimum Gasteiger partial charge on any atom is -0.497 e. The molecule has 0 bridgehead atoms. The lowest BCUT2D eigenvalue weighted by molar-refractivity contribution is 0.406. The molecule has 0 fully saturated rings. The van der Waals surface area contributed by atoms with Crippen LogP contribution in [0.3, 0.4) is 0 Å². The molecule has 1 atom stereocenters. The molecule has 0 heterocycles. The summed E-state index contributed by atoms with van der Waals surface area (Å²) < 4.78 is 11.6. The van der Waals surface area contributed by atoms with Gasteiger partial charge in [0.1, 0.15) is 11.5 Å². The van der Waals surface area contributed by atoms with Gasteiger partial charge < -0.3 is 15.2 Å². The first-order valence-corrected chi connectivity index (χ1v) is 7.09. The van der Waals surface area contributed by atoms with Gasteiger partial charge in [0.05, 0.1) is 20.3 Å². The molecule has 0 aliphatic heterocycles. The molecule has 0 saturated heterocycles. The second-order valence-electron chi connectivity index (χ2n) is 4.61. The van der Waals surface area contributed by atoms with Crippen LogP contribution in [-0.2, 0) is 0 Å². The normalized spacial score (nSPS) is 12.1. The zero-order valence-electron chi connectivity index (χ0n) is 11.8. The van der Waals surface area contributed by atoms with Gasteiger partial charge in [0, 0.05) is 10.0 Å². The minimum absolute atomic E-state index is 0.283. The van der Waals surface area contributed by atoms with E-state index in [-0.39, 0.29) is 6.04 Å². The van der Waals surface area contributed by atoms with Gasteiger partial charge >= 0.3 is 0 Å². The summed E-state index contributed by atoms with van der Waals surface area (Å²) in [6.07, 6.45) is 0. The fourth-order valence-corrected chi connectivity index (χ4v) is 2.64. The van der Waals surface area contributed by atoms with Crippen molar-refractivity contribution in [3.63, 3.8) is 0 Å². The average Bonchev–Trinajstić information content (AvgIpc) is 2.47. The maximum Gasteiger partial charge on any atom is 0.123 e. The minimum atomic E-state index is -0.283. The van der Waals surface area contributed by atoms with Gasteiger partial charge in [0.25, 0.3) is 0 Å². The highest BCUT2D eigenvalue weighted by Gasteiger charge is 2.17. The van der Waals surface area contributed by atoms with Crippen LogP contribution in [0.2, 0.25) is 0 Å². The number of hydrogen-bond acceptors (Lipinski definition) is 3. The Morgan fingerprint density at radius 1 is 1.00 bits per heavy atom. The van der Waals surface area contributed by atoms with E-state index in [2.05, 4.69) is 22.0 Å². The van der Waals surface area contributed by atoms with Crippen molar-refractivity contribution < 1.29 is 9.47 Å². The summed E-state index contributed by atoms with van der Waals surface area (Å²) in [7, 11) is 3.30. The summed E-state index contributed by atoms with van der Waals surface area (Å²) >= 11 is 3.55. The van der Waals surface area contributed by atoms with E-state index >= 15 is 0 Å². The van der Waals surface area contributed by atoms with Crippen LogP contribution >= 0.6 is 15.9 Å². The van der Waals surface area contributed by atoms with Crippen LogP contribution in [-0.4, -0.2) is 14.2 Å². The van der Waals surface area contributed by atoms with E-state index in [1.54, 1.807) is 14.2 Å². The molecule has 20 heavy (non-hydrogen) atoms. The second-order valence-corrected chi connectivity index (χ2v) is 5.46. The molecule has 0 spiro atoms. The fraction of sp³-hybridized carbons (Fsp3) is 0.250. The van der Waals surface area contributed by atoms with Crippen LogP contribution in [0.25, 0.3) is 0 Å². The molecule has 2 rings (SSSR count). The Morgan fingerprint density at radius 3 is 2.40 bits per heavy atom. The van der Waals surface area contributed by atoms with Gasteiger partial charge in [-0.15, -0.1) is 0 Å². The summed E-state index contributed by atoms with van der Waals surface area (Å²) in [6, 6.07) is 11.5. The summed E-state index contributed by atoms with van der Waals surface area (Å²) in [5.41, 5.74) is 9.49. The number of hydrogen-bond donors (Lipinski definition) is 1. The zero-order valence-corrected chi connectivity index (χ0v) is 13.4. The van der Waals surface area contributed by atoms with Gasteiger partial charge in [-0.2, -0.15) is 0 Å². The summed E-state index contributed by atoms with van der Waals surface area (Å²) in [5.74, 6) is 1.57. The molecular formula is C16H18BrNO2. The Balaban J connectivity index is 2.50. The predicted molar refractivity (Wildman–Crippen MR) is 84.5 cm³/mol. The highest BCUT2D eigenvalue weighted by atomic mass is 79.9. The van der Waals surface area contributed by atoms with Crippen molar-refractivity contribution in [1.29, 1.82) is 0 Å². The molecule has 1 unspecified atom stereocenters. The standard InChI is InChI=1S/C16H18BrNO2/c1-10-4-7-15(20-3)13(8-10)16(18)12-9-11(19-2)5-6-14(12)17/h4-9,16H,18H2,1-3H3. The highest BCUT2D eigenvalue weighted by Crippen LogP contribution is 2.34. The topological polar surface area (TPSA) is 44.5 Å². The number of benzene rings is 2. The SMILES string of the molecule is COc1ccc(Br)c(C(N)c2cc(C)ccc2OC)c1. The maximum absolute atomic E-state index is 6.42. The first-order valence-electron chi connectivity index (χ1n) is 6.30. The first-order chi connectivity index (χ1) is 9.56. The summed E-state index contributed by atoms with van der Waals surface area (Å²) in [5, 5.41) is 0. The third-order valence-corrected chi connectivity index (χ3v) is 3.98. The molecule has 0 radical (unpaired) electrons. The second kappa shape index (κ2) is 6.29. The Kier molecular flexibility index (Phi) is 4.68. The number of ether oxygens (including phenoxy) is 2. The third-order valence-electron chi connectivity index (χ3n) is 3.26. The van der Waals surface area contributed by atoms with Crippen molar-refractivity contribution in [3.05, 3.63) is 57.6 Å². The summed E-state index contributed by atoms with van der Waals surface area (Å²) in [4.78, 5) is 0. The van der Waals surface area contributed by atoms with Crippen LogP contribution in [0.15, 0.2) is 40.9 Å². The molecule has 106 valence electrons. The van der Waals surface area contributed by atoms with Crippen molar-refractivity contribution >= 4 is 15.9 Å². The lowest BCUT2D eigenvalue weighted by Crippen LogP contribution is -2.14. The average molecular weight is 336 g/mol. The van der Waals surface area contributed by atoms with E-state index in [9.17, 15) is 0 Å². The lowest BCUT2D eigenvalue weighted by Gasteiger charge is -2.18. The molecule has 2 N–H and O–H groups in total. The fourth-order valence-electron chi connectivity index (χ4n) is 2.15. The smallest absolute Gasteiger partial charge is 0.123 e. The third kappa shape index (κ3) is 2.97. The van der Waals surface area contributed by atoms with E-state index in [0.29, 0.717) is 0 Å². The van der Waals surface area contributed by atoms with E-state index < -0.39 is 0 Å². The first kappa shape index (κ1) is 14.9. The van der Waals surface area contributed by atoms with E-state index in [4.69, 9.17) is 15.2 Å². The molecule has 2 aromatic carbocycles. The number of methoxy groups -OCH3 is 2.